The van der Waals surface area contributed by atoms with Gasteiger partial charge < -0.3 is 20.1 Å². The molecule has 180 valence electrons. The number of benzene rings is 3. The SMILES string of the molecule is O=C(CNC(=O)c1ccc(Br)cc1)NCC(=O)OCc1cccc(Oc2ccc([N+](=O)[O-])cc2)c1. The Bertz CT molecular complexity index is 1210. The average molecular weight is 542 g/mol. The molecule has 0 saturated carbocycles. The van der Waals surface area contributed by atoms with Crippen molar-refractivity contribution in [1.29, 1.82) is 0 Å². The predicted octanol–water partition coefficient (Wildman–Crippen LogP) is 3.74. The molecule has 0 aliphatic heterocycles. The van der Waals surface area contributed by atoms with Crippen LogP contribution in [0.2, 0.25) is 0 Å². The largest absolute Gasteiger partial charge is 0.460 e. The van der Waals surface area contributed by atoms with Crippen LogP contribution < -0.4 is 15.4 Å². The van der Waals surface area contributed by atoms with Gasteiger partial charge in [-0.15, -0.1) is 0 Å². The Morgan fingerprint density at radius 1 is 0.886 bits per heavy atom. The van der Waals surface area contributed by atoms with E-state index >= 15 is 0 Å². The molecule has 0 radical (unpaired) electrons. The van der Waals surface area contributed by atoms with Crippen LogP contribution in [0.3, 0.4) is 0 Å². The molecule has 0 aliphatic carbocycles. The number of nitrogens with one attached hydrogen (secondary N) is 2. The molecule has 11 heteroatoms. The quantitative estimate of drug-likeness (QED) is 0.226. The van der Waals surface area contributed by atoms with Crippen LogP contribution in [0.5, 0.6) is 11.5 Å². The van der Waals surface area contributed by atoms with Crippen LogP contribution in [0.25, 0.3) is 0 Å². The number of amides is 2. The second kappa shape index (κ2) is 12.3. The van der Waals surface area contributed by atoms with E-state index in [1.54, 1.807) is 48.5 Å². The second-order valence-electron chi connectivity index (χ2n) is 7.13. The van der Waals surface area contributed by atoms with Gasteiger partial charge in [0, 0.05) is 22.2 Å². The number of nitro benzene ring substituents is 1. The molecule has 0 unspecified atom stereocenters. The van der Waals surface area contributed by atoms with Crippen molar-refractivity contribution in [3.8, 4) is 11.5 Å². The van der Waals surface area contributed by atoms with Gasteiger partial charge in [0.25, 0.3) is 11.6 Å². The van der Waals surface area contributed by atoms with Crippen LogP contribution >= 0.6 is 15.9 Å². The zero-order valence-electron chi connectivity index (χ0n) is 18.2. The van der Waals surface area contributed by atoms with E-state index in [0.29, 0.717) is 22.6 Å². The first-order valence-electron chi connectivity index (χ1n) is 10.3. The summed E-state index contributed by atoms with van der Waals surface area (Å²) in [4.78, 5) is 46.1. The van der Waals surface area contributed by atoms with Gasteiger partial charge in [-0.05, 0) is 54.1 Å². The molecule has 3 rings (SSSR count). The molecular weight excluding hydrogens is 522 g/mol. The Balaban J connectivity index is 1.39. The van der Waals surface area contributed by atoms with E-state index < -0.39 is 22.7 Å². The number of carbonyl (C=O) groups excluding carboxylic acids is 3. The summed E-state index contributed by atoms with van der Waals surface area (Å²) >= 11 is 3.28. The Kier molecular flexibility index (Phi) is 8.90. The molecule has 0 saturated heterocycles. The number of nitro groups is 1. The van der Waals surface area contributed by atoms with E-state index in [2.05, 4.69) is 26.6 Å². The number of ether oxygens (including phenoxy) is 2. The van der Waals surface area contributed by atoms with Crippen molar-refractivity contribution in [2.75, 3.05) is 13.1 Å². The Hall–Kier alpha value is -4.25. The molecule has 3 aromatic carbocycles. The van der Waals surface area contributed by atoms with Crippen LogP contribution in [0.1, 0.15) is 15.9 Å². The van der Waals surface area contributed by atoms with E-state index in [0.717, 1.165) is 4.47 Å². The first-order chi connectivity index (χ1) is 16.8. The van der Waals surface area contributed by atoms with Crippen molar-refractivity contribution in [3.63, 3.8) is 0 Å². The Labute approximate surface area is 208 Å². The highest BCUT2D eigenvalue weighted by Gasteiger charge is 2.11. The maximum absolute atomic E-state index is 12.0. The van der Waals surface area contributed by atoms with E-state index in [-0.39, 0.29) is 25.4 Å². The number of hydrogen-bond donors (Lipinski definition) is 2. The molecule has 35 heavy (non-hydrogen) atoms. The van der Waals surface area contributed by atoms with Crippen molar-refractivity contribution in [3.05, 3.63) is 98.5 Å². The number of halogens is 1. The highest BCUT2D eigenvalue weighted by atomic mass is 79.9. The highest BCUT2D eigenvalue weighted by Crippen LogP contribution is 2.24. The minimum absolute atomic E-state index is 0.0444. The van der Waals surface area contributed by atoms with Gasteiger partial charge in [0.05, 0.1) is 11.5 Å². The van der Waals surface area contributed by atoms with Gasteiger partial charge in [0.15, 0.2) is 0 Å². The molecule has 0 aromatic heterocycles. The van der Waals surface area contributed by atoms with Crippen LogP contribution in [0.15, 0.2) is 77.3 Å². The molecule has 0 fully saturated rings. The van der Waals surface area contributed by atoms with Crippen molar-refractivity contribution in [1.82, 2.24) is 10.6 Å². The van der Waals surface area contributed by atoms with Crippen LogP contribution in [0.4, 0.5) is 5.69 Å². The van der Waals surface area contributed by atoms with Gasteiger partial charge in [-0.25, -0.2) is 0 Å². The summed E-state index contributed by atoms with van der Waals surface area (Å²) in [6, 6.07) is 19.1. The molecule has 2 N–H and O–H groups in total. The number of nitrogens with zero attached hydrogens (tertiary/aromatic N) is 1. The Morgan fingerprint density at radius 2 is 1.60 bits per heavy atom. The van der Waals surface area contributed by atoms with Crippen molar-refractivity contribution >= 4 is 39.4 Å². The summed E-state index contributed by atoms with van der Waals surface area (Å²) in [5.41, 5.74) is 1.00. The third-order valence-corrected chi connectivity index (χ3v) is 5.06. The predicted molar refractivity (Wildman–Crippen MR) is 129 cm³/mol. The zero-order valence-corrected chi connectivity index (χ0v) is 19.8. The van der Waals surface area contributed by atoms with Gasteiger partial charge in [-0.2, -0.15) is 0 Å². The second-order valence-corrected chi connectivity index (χ2v) is 8.04. The van der Waals surface area contributed by atoms with Crippen molar-refractivity contribution < 1.29 is 28.8 Å². The summed E-state index contributed by atoms with van der Waals surface area (Å²) in [6.45, 7) is -0.692. The number of rotatable bonds is 10. The molecule has 0 aliphatic rings. The lowest BCUT2D eigenvalue weighted by molar-refractivity contribution is -0.384. The van der Waals surface area contributed by atoms with E-state index in [9.17, 15) is 24.5 Å². The molecule has 0 spiro atoms. The van der Waals surface area contributed by atoms with Gasteiger partial charge in [0.2, 0.25) is 5.91 Å². The van der Waals surface area contributed by atoms with Crippen LogP contribution in [0, 0.1) is 10.1 Å². The maximum Gasteiger partial charge on any atom is 0.325 e. The summed E-state index contributed by atoms with van der Waals surface area (Å²) in [7, 11) is 0. The fraction of sp³-hybridized carbons (Fsp3) is 0.125. The first kappa shape index (κ1) is 25.4. The number of hydrogen-bond acceptors (Lipinski definition) is 7. The molecule has 3 aromatic rings. The van der Waals surface area contributed by atoms with Crippen molar-refractivity contribution in [2.24, 2.45) is 0 Å². The minimum Gasteiger partial charge on any atom is -0.460 e. The molecule has 0 atom stereocenters. The average Bonchev–Trinajstić information content (AvgIpc) is 2.85. The molecule has 10 nitrogen and oxygen atoms in total. The van der Waals surface area contributed by atoms with Crippen molar-refractivity contribution in [2.45, 2.75) is 6.61 Å². The van der Waals surface area contributed by atoms with Gasteiger partial charge in [-0.3, -0.25) is 24.5 Å². The van der Waals surface area contributed by atoms with Crippen LogP contribution in [-0.4, -0.2) is 35.8 Å². The smallest absolute Gasteiger partial charge is 0.325 e. The first-order valence-corrected chi connectivity index (χ1v) is 11.1. The molecule has 0 heterocycles. The monoisotopic (exact) mass is 541 g/mol. The fourth-order valence-electron chi connectivity index (χ4n) is 2.78. The lowest BCUT2D eigenvalue weighted by Gasteiger charge is -2.09. The summed E-state index contributed by atoms with van der Waals surface area (Å²) in [5, 5.41) is 15.6. The zero-order chi connectivity index (χ0) is 25.2. The lowest BCUT2D eigenvalue weighted by Crippen LogP contribution is -2.39. The minimum atomic E-state index is -0.653. The summed E-state index contributed by atoms with van der Waals surface area (Å²) in [5.74, 6) is -0.724. The lowest BCUT2D eigenvalue weighted by atomic mass is 10.2. The van der Waals surface area contributed by atoms with Crippen LogP contribution in [-0.2, 0) is 20.9 Å². The number of non-ortho nitro benzene ring substituents is 1. The van der Waals surface area contributed by atoms with E-state index in [1.807, 2.05) is 0 Å². The third-order valence-electron chi connectivity index (χ3n) is 4.53. The van der Waals surface area contributed by atoms with E-state index in [1.165, 1.54) is 24.3 Å². The normalized spacial score (nSPS) is 10.2. The maximum atomic E-state index is 12.0. The third kappa shape index (κ3) is 8.23. The number of carbonyl (C=O) groups is 3. The highest BCUT2D eigenvalue weighted by molar-refractivity contribution is 9.10. The topological polar surface area (TPSA) is 137 Å². The summed E-state index contributed by atoms with van der Waals surface area (Å²) < 4.78 is 11.7. The van der Waals surface area contributed by atoms with Gasteiger partial charge in [-0.1, -0.05) is 28.1 Å². The van der Waals surface area contributed by atoms with E-state index in [4.69, 9.17) is 9.47 Å². The Morgan fingerprint density at radius 3 is 2.29 bits per heavy atom. The standard InChI is InChI=1S/C24H20BrN3O7/c25-18-6-4-17(5-7-18)24(31)27-13-22(29)26-14-23(30)34-15-16-2-1-3-21(12-16)35-20-10-8-19(9-11-20)28(32)33/h1-12H,13-15H2,(H,26,29)(H,27,31). The van der Waals surface area contributed by atoms with Gasteiger partial charge in [0.1, 0.15) is 24.7 Å². The summed E-state index contributed by atoms with van der Waals surface area (Å²) in [6.07, 6.45) is 0. The molecule has 0 bridgehead atoms. The number of esters is 1. The van der Waals surface area contributed by atoms with Gasteiger partial charge >= 0.3 is 5.97 Å². The fourth-order valence-corrected chi connectivity index (χ4v) is 3.05. The molecule has 2 amide bonds. The molecular formula is C24H20BrN3O7.